The van der Waals surface area contributed by atoms with Gasteiger partial charge in [-0.05, 0) is 60.7 Å². The summed E-state index contributed by atoms with van der Waals surface area (Å²) in [5.74, 6) is 0.939. The molecule has 2 aromatic carbocycles. The van der Waals surface area contributed by atoms with Gasteiger partial charge in [-0.1, -0.05) is 0 Å². The number of benzene rings is 2. The summed E-state index contributed by atoms with van der Waals surface area (Å²) in [6.45, 7) is 0.160. The molecule has 0 bridgehead atoms. The number of nitrogens with zero attached hydrogens (tertiary/aromatic N) is 1. The van der Waals surface area contributed by atoms with Gasteiger partial charge in [-0.2, -0.15) is 5.10 Å². The van der Waals surface area contributed by atoms with Crippen LogP contribution in [0.1, 0.15) is 5.56 Å². The van der Waals surface area contributed by atoms with E-state index in [2.05, 4.69) is 10.5 Å². The smallest absolute Gasteiger partial charge is 0.184 e. The average molecular weight is 333 g/mol. The minimum atomic E-state index is -0.323. The molecule has 0 saturated heterocycles. The van der Waals surface area contributed by atoms with Gasteiger partial charge in [-0.3, -0.25) is 5.43 Å². The van der Waals surface area contributed by atoms with Crippen molar-refractivity contribution < 1.29 is 13.9 Å². The van der Waals surface area contributed by atoms with Gasteiger partial charge >= 0.3 is 0 Å². The molecular weight excluding hydrogens is 317 g/mol. The lowest BCUT2D eigenvalue weighted by atomic mass is 10.1. The maximum atomic E-state index is 12.9. The fourth-order valence-corrected chi connectivity index (χ4v) is 1.81. The summed E-state index contributed by atoms with van der Waals surface area (Å²) in [7, 11) is 1.59. The third kappa shape index (κ3) is 5.23. The van der Waals surface area contributed by atoms with Crippen LogP contribution in [0, 0.1) is 5.82 Å². The van der Waals surface area contributed by atoms with E-state index in [0.717, 1.165) is 11.3 Å². The second kappa shape index (κ2) is 8.09. The predicted octanol–water partition coefficient (Wildman–Crippen LogP) is 2.45. The molecule has 7 heteroatoms. The Hall–Kier alpha value is -2.67. The van der Waals surface area contributed by atoms with Crippen LogP contribution in [0.15, 0.2) is 53.6 Å². The molecule has 0 saturated carbocycles. The Balaban J connectivity index is 2.14. The second-order valence-electron chi connectivity index (χ2n) is 4.51. The molecule has 2 aromatic rings. The van der Waals surface area contributed by atoms with E-state index in [9.17, 15) is 4.39 Å². The zero-order valence-corrected chi connectivity index (χ0v) is 13.3. The van der Waals surface area contributed by atoms with Crippen LogP contribution in [-0.4, -0.2) is 24.5 Å². The van der Waals surface area contributed by atoms with E-state index in [1.807, 2.05) is 24.3 Å². The molecule has 0 atom stereocenters. The number of hydrazone groups is 1. The molecule has 0 spiro atoms. The SMILES string of the molecule is COc1ccc(C(COc2ccc(F)cc2)=NNC(N)=S)cc1. The van der Waals surface area contributed by atoms with Crippen molar-refractivity contribution in [1.82, 2.24) is 5.43 Å². The summed E-state index contributed by atoms with van der Waals surface area (Å²) in [6, 6.07) is 13.0. The molecular formula is C16H16FN3O2S. The van der Waals surface area contributed by atoms with Crippen molar-refractivity contribution in [2.45, 2.75) is 0 Å². The maximum Gasteiger partial charge on any atom is 0.184 e. The molecule has 0 unspecified atom stereocenters. The molecule has 2 rings (SSSR count). The van der Waals surface area contributed by atoms with Crippen molar-refractivity contribution >= 4 is 23.0 Å². The highest BCUT2D eigenvalue weighted by molar-refractivity contribution is 7.80. The summed E-state index contributed by atoms with van der Waals surface area (Å²) in [5, 5.41) is 4.20. The Morgan fingerprint density at radius 2 is 1.74 bits per heavy atom. The first-order valence-corrected chi connectivity index (χ1v) is 7.14. The second-order valence-corrected chi connectivity index (χ2v) is 4.95. The Morgan fingerprint density at radius 1 is 1.13 bits per heavy atom. The summed E-state index contributed by atoms with van der Waals surface area (Å²) in [4.78, 5) is 0. The van der Waals surface area contributed by atoms with Crippen LogP contribution < -0.4 is 20.6 Å². The standard InChI is InChI=1S/C16H16FN3O2S/c1-21-13-6-2-11(3-7-13)15(19-20-16(18)23)10-22-14-8-4-12(17)5-9-14/h2-9H,10H2,1H3,(H3,18,20,23). The Morgan fingerprint density at radius 3 is 2.30 bits per heavy atom. The summed E-state index contributed by atoms with van der Waals surface area (Å²) in [6.07, 6.45) is 0. The van der Waals surface area contributed by atoms with E-state index in [1.54, 1.807) is 19.2 Å². The molecule has 5 nitrogen and oxygen atoms in total. The van der Waals surface area contributed by atoms with Gasteiger partial charge in [0.1, 0.15) is 29.6 Å². The van der Waals surface area contributed by atoms with Crippen molar-refractivity contribution in [3.8, 4) is 11.5 Å². The lowest BCUT2D eigenvalue weighted by Crippen LogP contribution is -2.27. The number of rotatable bonds is 6. The first kappa shape index (κ1) is 16.7. The van der Waals surface area contributed by atoms with Gasteiger partial charge in [-0.25, -0.2) is 4.39 Å². The minimum Gasteiger partial charge on any atom is -0.497 e. The first-order chi connectivity index (χ1) is 11.1. The van der Waals surface area contributed by atoms with Crippen molar-refractivity contribution in [3.63, 3.8) is 0 Å². The zero-order chi connectivity index (χ0) is 16.7. The van der Waals surface area contributed by atoms with Gasteiger partial charge in [-0.15, -0.1) is 0 Å². The number of ether oxygens (including phenoxy) is 2. The summed E-state index contributed by atoms with van der Waals surface area (Å²) < 4.78 is 23.6. The molecule has 0 aliphatic rings. The van der Waals surface area contributed by atoms with Crippen LogP contribution >= 0.6 is 12.2 Å². The van der Waals surface area contributed by atoms with Crippen LogP contribution in [0.25, 0.3) is 0 Å². The fraction of sp³-hybridized carbons (Fsp3) is 0.125. The highest BCUT2D eigenvalue weighted by Gasteiger charge is 2.07. The third-order valence-electron chi connectivity index (χ3n) is 2.91. The van der Waals surface area contributed by atoms with Crippen LogP contribution in [-0.2, 0) is 0 Å². The predicted molar refractivity (Wildman–Crippen MR) is 91.3 cm³/mol. The van der Waals surface area contributed by atoms with E-state index in [4.69, 9.17) is 27.4 Å². The average Bonchev–Trinajstić information content (AvgIpc) is 2.56. The number of thiocarbonyl (C=S) groups is 1. The monoisotopic (exact) mass is 333 g/mol. The van der Waals surface area contributed by atoms with Gasteiger partial charge in [0.2, 0.25) is 0 Å². The number of halogens is 1. The molecule has 0 radical (unpaired) electrons. The topological polar surface area (TPSA) is 68.9 Å². The summed E-state index contributed by atoms with van der Waals surface area (Å²) >= 11 is 4.75. The van der Waals surface area contributed by atoms with E-state index in [0.29, 0.717) is 11.5 Å². The lowest BCUT2D eigenvalue weighted by Gasteiger charge is -2.10. The van der Waals surface area contributed by atoms with Gasteiger partial charge in [0.25, 0.3) is 0 Å². The van der Waals surface area contributed by atoms with Crippen molar-refractivity contribution in [2.75, 3.05) is 13.7 Å². The van der Waals surface area contributed by atoms with Crippen LogP contribution in [0.2, 0.25) is 0 Å². The van der Waals surface area contributed by atoms with Crippen LogP contribution in [0.5, 0.6) is 11.5 Å². The molecule has 0 fully saturated rings. The zero-order valence-electron chi connectivity index (χ0n) is 12.5. The number of hydrogen-bond donors (Lipinski definition) is 2. The Labute approximate surface area is 138 Å². The molecule has 23 heavy (non-hydrogen) atoms. The Bertz CT molecular complexity index is 687. The van der Waals surface area contributed by atoms with Crippen LogP contribution in [0.4, 0.5) is 4.39 Å². The normalized spacial score (nSPS) is 11.0. The first-order valence-electron chi connectivity index (χ1n) is 6.73. The third-order valence-corrected chi connectivity index (χ3v) is 3.00. The summed E-state index contributed by atoms with van der Waals surface area (Å²) in [5.41, 5.74) is 9.35. The van der Waals surface area contributed by atoms with E-state index in [-0.39, 0.29) is 17.5 Å². The van der Waals surface area contributed by atoms with E-state index in [1.165, 1.54) is 12.1 Å². The highest BCUT2D eigenvalue weighted by atomic mass is 32.1. The van der Waals surface area contributed by atoms with Crippen LogP contribution in [0.3, 0.4) is 0 Å². The van der Waals surface area contributed by atoms with Crippen molar-refractivity contribution in [3.05, 3.63) is 59.9 Å². The lowest BCUT2D eigenvalue weighted by molar-refractivity contribution is 0.375. The number of nitrogens with one attached hydrogen (secondary N) is 1. The molecule has 0 aliphatic carbocycles. The number of hydrogen-bond acceptors (Lipinski definition) is 4. The molecule has 0 heterocycles. The van der Waals surface area contributed by atoms with Gasteiger partial charge < -0.3 is 15.2 Å². The molecule has 0 aliphatic heterocycles. The van der Waals surface area contributed by atoms with Gasteiger partial charge in [0.15, 0.2) is 5.11 Å². The quantitative estimate of drug-likeness (QED) is 0.483. The highest BCUT2D eigenvalue weighted by Crippen LogP contribution is 2.14. The molecule has 120 valence electrons. The molecule has 0 amide bonds. The molecule has 0 aromatic heterocycles. The van der Waals surface area contributed by atoms with E-state index >= 15 is 0 Å². The fourth-order valence-electron chi connectivity index (χ4n) is 1.77. The largest absolute Gasteiger partial charge is 0.497 e. The van der Waals surface area contributed by atoms with E-state index < -0.39 is 0 Å². The number of methoxy groups -OCH3 is 1. The maximum absolute atomic E-state index is 12.9. The van der Waals surface area contributed by atoms with Gasteiger partial charge in [0.05, 0.1) is 7.11 Å². The van der Waals surface area contributed by atoms with Crippen molar-refractivity contribution in [2.24, 2.45) is 10.8 Å². The Kier molecular flexibility index (Phi) is 5.87. The van der Waals surface area contributed by atoms with Gasteiger partial charge in [0, 0.05) is 5.56 Å². The number of nitrogens with two attached hydrogens (primary N) is 1. The van der Waals surface area contributed by atoms with Crippen molar-refractivity contribution in [1.29, 1.82) is 0 Å². The molecule has 3 N–H and O–H groups in total. The minimum absolute atomic E-state index is 0.0535.